The molecule has 0 N–H and O–H groups in total. The van der Waals surface area contributed by atoms with Gasteiger partial charge in [-0.05, 0) is 25.0 Å². The third-order valence-electron chi connectivity index (χ3n) is 3.25. The summed E-state index contributed by atoms with van der Waals surface area (Å²) in [5.41, 5.74) is 0. The number of para-hydroxylation sites is 2. The van der Waals surface area contributed by atoms with Crippen LogP contribution < -0.4 is 9.47 Å². The van der Waals surface area contributed by atoms with Gasteiger partial charge in [0.15, 0.2) is 17.6 Å². The van der Waals surface area contributed by atoms with Gasteiger partial charge in [0.25, 0.3) is 0 Å². The number of likely N-dealkylation sites (N-methyl/N-ethyl adjacent to an activating group) is 1. The van der Waals surface area contributed by atoms with Crippen molar-refractivity contribution in [3.8, 4) is 11.5 Å². The van der Waals surface area contributed by atoms with E-state index in [9.17, 15) is 4.79 Å². The third-order valence-corrected chi connectivity index (χ3v) is 3.51. The summed E-state index contributed by atoms with van der Waals surface area (Å²) in [5, 5.41) is 0. The van der Waals surface area contributed by atoms with Crippen LogP contribution >= 0.6 is 11.6 Å². The minimum atomic E-state index is -0.119. The molecule has 1 aliphatic rings. The molecule has 5 heteroatoms. The Morgan fingerprint density at radius 2 is 2.10 bits per heavy atom. The first-order valence-corrected chi connectivity index (χ1v) is 7.42. The van der Waals surface area contributed by atoms with Crippen LogP contribution in [-0.2, 0) is 4.79 Å². The van der Waals surface area contributed by atoms with Crippen molar-refractivity contribution in [2.45, 2.75) is 25.4 Å². The second kappa shape index (κ2) is 7.39. The fourth-order valence-corrected chi connectivity index (χ4v) is 2.31. The Labute approximate surface area is 124 Å². The first-order valence-electron chi connectivity index (χ1n) is 6.89. The molecule has 0 saturated carbocycles. The Balaban J connectivity index is 1.81. The standard InChI is InChI=1S/C15H20ClNO3/c1-17(15(18)8-4-5-9-16)10-12-11-19-13-6-2-3-7-14(13)20-12/h2-3,6-7,12H,4-5,8-11H2,1H3. The molecule has 1 aromatic carbocycles. The fourth-order valence-electron chi connectivity index (χ4n) is 2.12. The van der Waals surface area contributed by atoms with Crippen LogP contribution in [0.1, 0.15) is 19.3 Å². The van der Waals surface area contributed by atoms with E-state index < -0.39 is 0 Å². The van der Waals surface area contributed by atoms with Gasteiger partial charge >= 0.3 is 0 Å². The normalized spacial score (nSPS) is 16.8. The predicted octanol–water partition coefficient (Wildman–Crippen LogP) is 2.69. The number of nitrogens with zero attached hydrogens (tertiary/aromatic N) is 1. The number of unbranched alkanes of at least 4 members (excludes halogenated alkanes) is 1. The van der Waals surface area contributed by atoms with E-state index in [2.05, 4.69) is 0 Å². The monoisotopic (exact) mass is 297 g/mol. The van der Waals surface area contributed by atoms with Crippen molar-refractivity contribution in [2.24, 2.45) is 0 Å². The van der Waals surface area contributed by atoms with Crippen LogP contribution in [0.4, 0.5) is 0 Å². The van der Waals surface area contributed by atoms with Crippen molar-refractivity contribution in [2.75, 3.05) is 26.1 Å². The van der Waals surface area contributed by atoms with E-state index in [4.69, 9.17) is 21.1 Å². The lowest BCUT2D eigenvalue weighted by Gasteiger charge is -2.29. The molecule has 0 spiro atoms. The van der Waals surface area contributed by atoms with Crippen LogP contribution in [0, 0.1) is 0 Å². The Morgan fingerprint density at radius 1 is 1.35 bits per heavy atom. The molecule has 1 atom stereocenters. The van der Waals surface area contributed by atoms with E-state index >= 15 is 0 Å². The molecular formula is C15H20ClNO3. The molecule has 1 aliphatic heterocycles. The summed E-state index contributed by atoms with van der Waals surface area (Å²) in [4.78, 5) is 13.6. The number of ether oxygens (including phenoxy) is 2. The lowest BCUT2D eigenvalue weighted by atomic mass is 10.2. The Hall–Kier alpha value is -1.42. The Morgan fingerprint density at radius 3 is 2.85 bits per heavy atom. The number of rotatable bonds is 6. The van der Waals surface area contributed by atoms with Crippen molar-refractivity contribution in [1.29, 1.82) is 0 Å². The van der Waals surface area contributed by atoms with Gasteiger partial charge in [-0.15, -0.1) is 11.6 Å². The van der Waals surface area contributed by atoms with E-state index in [1.807, 2.05) is 24.3 Å². The number of benzene rings is 1. The molecule has 2 rings (SSSR count). The van der Waals surface area contributed by atoms with Gasteiger partial charge in [-0.1, -0.05) is 12.1 Å². The number of alkyl halides is 1. The zero-order valence-corrected chi connectivity index (χ0v) is 12.4. The molecule has 1 amide bonds. The lowest BCUT2D eigenvalue weighted by Crippen LogP contribution is -2.41. The number of hydrogen-bond donors (Lipinski definition) is 0. The molecule has 0 fully saturated rings. The molecule has 110 valence electrons. The molecule has 1 aromatic rings. The van der Waals surface area contributed by atoms with Crippen molar-refractivity contribution < 1.29 is 14.3 Å². The maximum Gasteiger partial charge on any atom is 0.222 e. The number of halogens is 1. The number of amides is 1. The summed E-state index contributed by atoms with van der Waals surface area (Å²) in [6.45, 7) is 1.00. The van der Waals surface area contributed by atoms with Crippen molar-refractivity contribution in [3.63, 3.8) is 0 Å². The van der Waals surface area contributed by atoms with Gasteiger partial charge in [0, 0.05) is 19.3 Å². The minimum Gasteiger partial charge on any atom is -0.486 e. The van der Waals surface area contributed by atoms with Gasteiger partial charge in [-0.2, -0.15) is 0 Å². The summed E-state index contributed by atoms with van der Waals surface area (Å²) >= 11 is 5.61. The van der Waals surface area contributed by atoms with Crippen molar-refractivity contribution in [3.05, 3.63) is 24.3 Å². The zero-order chi connectivity index (χ0) is 14.4. The molecule has 0 saturated heterocycles. The molecule has 0 aromatic heterocycles. The quantitative estimate of drug-likeness (QED) is 0.598. The minimum absolute atomic E-state index is 0.119. The lowest BCUT2D eigenvalue weighted by molar-refractivity contribution is -0.131. The highest BCUT2D eigenvalue weighted by Crippen LogP contribution is 2.30. The maximum atomic E-state index is 11.9. The van der Waals surface area contributed by atoms with Crippen LogP contribution in [-0.4, -0.2) is 43.0 Å². The first-order chi connectivity index (χ1) is 9.70. The molecular weight excluding hydrogens is 278 g/mol. The van der Waals surface area contributed by atoms with Crippen LogP contribution in [0.5, 0.6) is 11.5 Å². The van der Waals surface area contributed by atoms with Crippen molar-refractivity contribution >= 4 is 17.5 Å². The highest BCUT2D eigenvalue weighted by atomic mass is 35.5. The van der Waals surface area contributed by atoms with Gasteiger partial charge in [0.2, 0.25) is 5.91 Å². The number of fused-ring (bicyclic) bond motifs is 1. The molecule has 4 nitrogen and oxygen atoms in total. The molecule has 1 unspecified atom stereocenters. The SMILES string of the molecule is CN(CC1COc2ccccc2O1)C(=O)CCCCCl. The van der Waals surface area contributed by atoms with E-state index in [0.29, 0.717) is 25.5 Å². The van der Waals surface area contributed by atoms with Gasteiger partial charge in [0.05, 0.1) is 6.54 Å². The predicted molar refractivity (Wildman–Crippen MR) is 78.6 cm³/mol. The van der Waals surface area contributed by atoms with E-state index in [1.54, 1.807) is 11.9 Å². The summed E-state index contributed by atoms with van der Waals surface area (Å²) in [5.74, 6) is 2.23. The van der Waals surface area contributed by atoms with Crippen molar-refractivity contribution in [1.82, 2.24) is 4.90 Å². The molecule has 0 aliphatic carbocycles. The smallest absolute Gasteiger partial charge is 0.222 e. The first kappa shape index (κ1) is 15.0. The van der Waals surface area contributed by atoms with E-state index in [1.165, 1.54) is 0 Å². The highest BCUT2D eigenvalue weighted by Gasteiger charge is 2.23. The summed E-state index contributed by atoms with van der Waals surface area (Å²) in [7, 11) is 1.80. The Bertz CT molecular complexity index is 452. The second-order valence-electron chi connectivity index (χ2n) is 4.92. The molecule has 0 bridgehead atoms. The molecule has 20 heavy (non-hydrogen) atoms. The number of carbonyl (C=O) groups is 1. The highest BCUT2D eigenvalue weighted by molar-refractivity contribution is 6.17. The number of carbonyl (C=O) groups excluding carboxylic acids is 1. The molecule has 0 radical (unpaired) electrons. The zero-order valence-electron chi connectivity index (χ0n) is 11.7. The van der Waals surface area contributed by atoms with Crippen LogP contribution in [0.2, 0.25) is 0 Å². The van der Waals surface area contributed by atoms with Gasteiger partial charge < -0.3 is 14.4 Å². The average molecular weight is 298 g/mol. The van der Waals surface area contributed by atoms with E-state index in [0.717, 1.165) is 24.3 Å². The summed E-state index contributed by atoms with van der Waals surface area (Å²) < 4.78 is 11.5. The summed E-state index contributed by atoms with van der Waals surface area (Å²) in [6.07, 6.45) is 2.12. The van der Waals surface area contributed by atoms with Crippen LogP contribution in [0.15, 0.2) is 24.3 Å². The molecule has 1 heterocycles. The van der Waals surface area contributed by atoms with Crippen LogP contribution in [0.3, 0.4) is 0 Å². The largest absolute Gasteiger partial charge is 0.486 e. The number of hydrogen-bond acceptors (Lipinski definition) is 3. The topological polar surface area (TPSA) is 38.8 Å². The fraction of sp³-hybridized carbons (Fsp3) is 0.533. The average Bonchev–Trinajstić information content (AvgIpc) is 2.47. The summed E-state index contributed by atoms with van der Waals surface area (Å²) in [6, 6.07) is 7.58. The third kappa shape index (κ3) is 4.04. The van der Waals surface area contributed by atoms with E-state index in [-0.39, 0.29) is 12.0 Å². The van der Waals surface area contributed by atoms with Gasteiger partial charge in [0.1, 0.15) is 6.61 Å². The second-order valence-corrected chi connectivity index (χ2v) is 5.30. The van der Waals surface area contributed by atoms with Gasteiger partial charge in [-0.25, -0.2) is 0 Å². The van der Waals surface area contributed by atoms with Crippen LogP contribution in [0.25, 0.3) is 0 Å². The Kier molecular flexibility index (Phi) is 5.53. The van der Waals surface area contributed by atoms with Gasteiger partial charge in [-0.3, -0.25) is 4.79 Å². The maximum absolute atomic E-state index is 11.9.